The van der Waals surface area contributed by atoms with Crippen molar-refractivity contribution >= 4 is 11.8 Å². The Hall–Kier alpha value is -1.20. The van der Waals surface area contributed by atoms with Gasteiger partial charge >= 0.3 is 5.97 Å². The molecule has 1 spiro atoms. The van der Waals surface area contributed by atoms with Gasteiger partial charge in [-0.3, -0.25) is 4.79 Å². The van der Waals surface area contributed by atoms with Crippen LogP contribution in [-0.4, -0.2) is 40.3 Å². The number of Topliss-reactive ketones (excluding diaryl/α,β-unsaturated/α-hetero) is 1. The van der Waals surface area contributed by atoms with E-state index in [0.29, 0.717) is 19.4 Å². The lowest BCUT2D eigenvalue weighted by Gasteiger charge is -2.28. The summed E-state index contributed by atoms with van der Waals surface area (Å²) in [5, 5.41) is 19.6. The number of hydrogen-bond acceptors (Lipinski definition) is 4. The third-order valence-corrected chi connectivity index (χ3v) is 5.08. The van der Waals surface area contributed by atoms with Gasteiger partial charge in [0.25, 0.3) is 0 Å². The molecule has 5 heteroatoms. The lowest BCUT2D eigenvalue weighted by atomic mass is 9.78. The first-order chi connectivity index (χ1) is 8.89. The standard InChI is InChI=1S/C14H18O5/c1-8(15)9-2-4-13-6-11(19-7-13)14(18,12(16)17)5-3-10(9)13/h11,18H,2-7H2,1H3,(H,16,17)/t11-,13-,14-/m1/s1. The van der Waals surface area contributed by atoms with E-state index >= 15 is 0 Å². The SMILES string of the molecule is CC(=O)C1=C2CC[C@](O)(C(=O)O)[C@H]3C[C@]2(CC1)CO3. The Morgan fingerprint density at radius 2 is 2.05 bits per heavy atom. The van der Waals surface area contributed by atoms with Gasteiger partial charge in [-0.05, 0) is 44.6 Å². The monoisotopic (exact) mass is 266 g/mol. The number of carbonyl (C=O) groups excluding carboxylic acids is 1. The van der Waals surface area contributed by atoms with Crippen LogP contribution in [-0.2, 0) is 14.3 Å². The van der Waals surface area contributed by atoms with Gasteiger partial charge in [-0.25, -0.2) is 4.79 Å². The molecule has 1 saturated carbocycles. The highest BCUT2D eigenvalue weighted by molar-refractivity contribution is 5.95. The Balaban J connectivity index is 2.05. The third kappa shape index (κ3) is 1.61. The van der Waals surface area contributed by atoms with E-state index in [0.717, 1.165) is 24.0 Å². The largest absolute Gasteiger partial charge is 0.479 e. The van der Waals surface area contributed by atoms with Gasteiger partial charge in [0, 0.05) is 5.41 Å². The first-order valence-electron chi connectivity index (χ1n) is 6.70. The van der Waals surface area contributed by atoms with Gasteiger partial charge in [0.05, 0.1) is 12.7 Å². The van der Waals surface area contributed by atoms with Crippen LogP contribution in [0, 0.1) is 5.41 Å². The fraction of sp³-hybridized carbons (Fsp3) is 0.714. The van der Waals surface area contributed by atoms with Crippen molar-refractivity contribution in [3.8, 4) is 0 Å². The van der Waals surface area contributed by atoms with Crippen LogP contribution >= 0.6 is 0 Å². The molecule has 104 valence electrons. The molecule has 2 fully saturated rings. The molecule has 0 unspecified atom stereocenters. The van der Waals surface area contributed by atoms with Gasteiger partial charge in [-0.2, -0.15) is 0 Å². The summed E-state index contributed by atoms with van der Waals surface area (Å²) in [4.78, 5) is 23.0. The molecule has 3 aliphatic rings. The van der Waals surface area contributed by atoms with Gasteiger partial charge in [0.2, 0.25) is 0 Å². The number of aliphatic hydroxyl groups is 1. The van der Waals surface area contributed by atoms with Crippen molar-refractivity contribution < 1.29 is 24.5 Å². The Kier molecular flexibility index (Phi) is 2.63. The van der Waals surface area contributed by atoms with Crippen molar-refractivity contribution in [3.05, 3.63) is 11.1 Å². The molecule has 2 N–H and O–H groups in total. The van der Waals surface area contributed by atoms with E-state index < -0.39 is 17.7 Å². The summed E-state index contributed by atoms with van der Waals surface area (Å²) >= 11 is 0. The maximum Gasteiger partial charge on any atom is 0.338 e. The summed E-state index contributed by atoms with van der Waals surface area (Å²) in [6.45, 7) is 1.99. The molecule has 1 saturated heterocycles. The van der Waals surface area contributed by atoms with E-state index in [-0.39, 0.29) is 17.6 Å². The molecule has 2 bridgehead atoms. The predicted octanol–water partition coefficient (Wildman–Crippen LogP) is 1.05. The summed E-state index contributed by atoms with van der Waals surface area (Å²) in [7, 11) is 0. The molecule has 19 heavy (non-hydrogen) atoms. The zero-order valence-corrected chi connectivity index (χ0v) is 10.9. The average molecular weight is 266 g/mol. The molecule has 0 aromatic heterocycles. The number of carboxylic acids is 1. The third-order valence-electron chi connectivity index (χ3n) is 5.08. The van der Waals surface area contributed by atoms with Gasteiger partial charge in [0.15, 0.2) is 11.4 Å². The lowest BCUT2D eigenvalue weighted by molar-refractivity contribution is -0.174. The summed E-state index contributed by atoms with van der Waals surface area (Å²) in [5.74, 6) is -1.16. The number of allylic oxidation sites excluding steroid dienone is 1. The first kappa shape index (κ1) is 12.8. The summed E-state index contributed by atoms with van der Waals surface area (Å²) in [5.41, 5.74) is -0.146. The molecular weight excluding hydrogens is 248 g/mol. The molecule has 1 heterocycles. The van der Waals surface area contributed by atoms with Crippen molar-refractivity contribution in [2.75, 3.05) is 6.61 Å². The van der Waals surface area contributed by atoms with Gasteiger partial charge in [0.1, 0.15) is 0 Å². The molecule has 5 nitrogen and oxygen atoms in total. The average Bonchev–Trinajstić information content (AvgIpc) is 2.89. The second kappa shape index (κ2) is 3.90. The number of carbonyl (C=O) groups is 2. The van der Waals surface area contributed by atoms with E-state index in [2.05, 4.69) is 0 Å². The number of rotatable bonds is 2. The van der Waals surface area contributed by atoms with E-state index in [4.69, 9.17) is 4.74 Å². The lowest BCUT2D eigenvalue weighted by Crippen LogP contribution is -2.49. The van der Waals surface area contributed by atoms with Crippen molar-refractivity contribution in [2.24, 2.45) is 5.41 Å². The highest BCUT2D eigenvalue weighted by atomic mass is 16.5. The highest BCUT2D eigenvalue weighted by Crippen LogP contribution is 2.56. The molecule has 1 aliphatic heterocycles. The van der Waals surface area contributed by atoms with Crippen LogP contribution in [0.2, 0.25) is 0 Å². The summed E-state index contributed by atoms with van der Waals surface area (Å²) in [6, 6.07) is 0. The van der Waals surface area contributed by atoms with Crippen molar-refractivity contribution in [2.45, 2.75) is 50.7 Å². The molecule has 0 aromatic carbocycles. The second-order valence-electron chi connectivity index (χ2n) is 6.03. The number of ether oxygens (including phenoxy) is 1. The van der Waals surface area contributed by atoms with Crippen molar-refractivity contribution in [1.82, 2.24) is 0 Å². The van der Waals surface area contributed by atoms with Crippen LogP contribution in [0.3, 0.4) is 0 Å². The van der Waals surface area contributed by atoms with Gasteiger partial charge < -0.3 is 14.9 Å². The minimum absolute atomic E-state index is 0.0658. The second-order valence-corrected chi connectivity index (χ2v) is 6.03. The smallest absolute Gasteiger partial charge is 0.338 e. The van der Waals surface area contributed by atoms with Crippen LogP contribution < -0.4 is 0 Å². The van der Waals surface area contributed by atoms with Crippen LogP contribution in [0.5, 0.6) is 0 Å². The fourth-order valence-corrected chi connectivity index (χ4v) is 3.94. The molecule has 0 aromatic rings. The molecule has 3 rings (SSSR count). The molecule has 0 amide bonds. The summed E-state index contributed by atoms with van der Waals surface area (Å²) < 4.78 is 5.59. The van der Waals surface area contributed by atoms with E-state index in [1.165, 1.54) is 0 Å². The van der Waals surface area contributed by atoms with Crippen molar-refractivity contribution in [3.63, 3.8) is 0 Å². The molecule has 3 atom stereocenters. The predicted molar refractivity (Wildman–Crippen MR) is 65.6 cm³/mol. The van der Waals surface area contributed by atoms with Crippen LogP contribution in [0.15, 0.2) is 11.1 Å². The number of aliphatic carboxylic acids is 1. The zero-order chi connectivity index (χ0) is 13.8. The number of carboxylic acid groups (broad SMARTS) is 1. The van der Waals surface area contributed by atoms with Crippen LogP contribution in [0.25, 0.3) is 0 Å². The minimum atomic E-state index is -1.82. The normalized spacial score (nSPS) is 41.1. The Morgan fingerprint density at radius 3 is 2.68 bits per heavy atom. The van der Waals surface area contributed by atoms with Crippen LogP contribution in [0.1, 0.15) is 39.0 Å². The first-order valence-corrected chi connectivity index (χ1v) is 6.70. The van der Waals surface area contributed by atoms with Crippen molar-refractivity contribution in [1.29, 1.82) is 0 Å². The van der Waals surface area contributed by atoms with E-state index in [1.54, 1.807) is 6.92 Å². The molecule has 0 radical (unpaired) electrons. The van der Waals surface area contributed by atoms with E-state index in [1.807, 2.05) is 0 Å². The number of hydrogen-bond donors (Lipinski definition) is 2. The molecule has 2 aliphatic carbocycles. The Labute approximate surface area is 111 Å². The highest BCUT2D eigenvalue weighted by Gasteiger charge is 2.58. The number of fused-ring (bicyclic) bond motifs is 1. The topological polar surface area (TPSA) is 83.8 Å². The van der Waals surface area contributed by atoms with Crippen LogP contribution in [0.4, 0.5) is 0 Å². The van der Waals surface area contributed by atoms with Gasteiger partial charge in [-0.1, -0.05) is 5.57 Å². The summed E-state index contributed by atoms with van der Waals surface area (Å²) in [6.07, 6.45) is 2.06. The fourth-order valence-electron chi connectivity index (χ4n) is 3.94. The quantitative estimate of drug-likeness (QED) is 0.780. The maximum atomic E-state index is 11.7. The zero-order valence-electron chi connectivity index (χ0n) is 10.9. The van der Waals surface area contributed by atoms with E-state index in [9.17, 15) is 19.8 Å². The van der Waals surface area contributed by atoms with Gasteiger partial charge in [-0.15, -0.1) is 0 Å². The Morgan fingerprint density at radius 1 is 1.32 bits per heavy atom. The minimum Gasteiger partial charge on any atom is -0.479 e. The Bertz CT molecular complexity index is 494. The maximum absolute atomic E-state index is 11.7. The number of ketones is 1. The molecular formula is C14H18O5.